The first kappa shape index (κ1) is 16.6. The molecule has 0 heterocycles. The zero-order valence-corrected chi connectivity index (χ0v) is 13.0. The fourth-order valence-corrected chi connectivity index (χ4v) is 2.70. The summed E-state index contributed by atoms with van der Waals surface area (Å²) in [6.45, 7) is 6.79. The predicted octanol–water partition coefficient (Wildman–Crippen LogP) is 3.99. The molecule has 0 aliphatic carbocycles. The Labute approximate surface area is 137 Å². The van der Waals surface area contributed by atoms with Gasteiger partial charge in [-0.15, -0.1) is 0 Å². The highest BCUT2D eigenvalue weighted by Crippen LogP contribution is 2.39. The van der Waals surface area contributed by atoms with Gasteiger partial charge >= 0.3 is 0 Å². The van der Waals surface area contributed by atoms with Gasteiger partial charge in [-0.2, -0.15) is 0 Å². The number of carbonyl (C=O) groups excluding carboxylic acids is 2. The van der Waals surface area contributed by atoms with Crippen molar-refractivity contribution in [3.63, 3.8) is 0 Å². The number of rotatable bonds is 6. The lowest BCUT2D eigenvalue weighted by Crippen LogP contribution is -1.94. The zero-order valence-electron chi connectivity index (χ0n) is 12.2. The third-order valence-corrected chi connectivity index (χ3v) is 4.21. The van der Waals surface area contributed by atoms with E-state index in [1.165, 1.54) is 24.3 Å². The third kappa shape index (κ3) is 3.70. The minimum Gasteiger partial charge on any atom is -0.507 e. The summed E-state index contributed by atoms with van der Waals surface area (Å²) in [6, 6.07) is 8.99. The molecule has 0 aliphatic heterocycles. The molecule has 0 saturated carbocycles. The van der Waals surface area contributed by atoms with Crippen molar-refractivity contribution in [2.45, 2.75) is 9.79 Å². The number of hydrogen-bond acceptors (Lipinski definition) is 5. The van der Waals surface area contributed by atoms with E-state index in [0.29, 0.717) is 20.9 Å². The van der Waals surface area contributed by atoms with Crippen molar-refractivity contribution in [1.82, 2.24) is 0 Å². The van der Waals surface area contributed by atoms with Crippen LogP contribution in [0.5, 0.6) is 11.5 Å². The molecule has 0 aliphatic rings. The molecule has 4 nitrogen and oxygen atoms in total. The molecule has 0 unspecified atom stereocenters. The van der Waals surface area contributed by atoms with Crippen LogP contribution in [0.3, 0.4) is 0 Å². The first-order chi connectivity index (χ1) is 11.0. The molecule has 0 bridgehead atoms. The molecule has 0 atom stereocenters. The summed E-state index contributed by atoms with van der Waals surface area (Å²) in [4.78, 5) is 24.0. The van der Waals surface area contributed by atoms with Gasteiger partial charge in [0.15, 0.2) is 11.6 Å². The summed E-state index contributed by atoms with van der Waals surface area (Å²) in [5, 5.41) is 20.0. The normalized spacial score (nSPS) is 10.1. The highest BCUT2D eigenvalue weighted by atomic mass is 32.2. The molecule has 5 heteroatoms. The fourth-order valence-electron chi connectivity index (χ4n) is 1.87. The fraction of sp³-hybridized carbons (Fsp3) is 0. The van der Waals surface area contributed by atoms with Gasteiger partial charge in [0, 0.05) is 11.1 Å². The van der Waals surface area contributed by atoms with Crippen LogP contribution in [0, 0.1) is 0 Å². The van der Waals surface area contributed by atoms with E-state index >= 15 is 0 Å². The SMILES string of the molecule is C=CC(=O)c1ccc(Sc2ccc(C(=O)C=C)cc2O)c(O)c1. The van der Waals surface area contributed by atoms with E-state index in [2.05, 4.69) is 13.2 Å². The summed E-state index contributed by atoms with van der Waals surface area (Å²) in [6.07, 6.45) is 2.34. The van der Waals surface area contributed by atoms with Crippen molar-refractivity contribution in [3.8, 4) is 11.5 Å². The second-order valence-electron chi connectivity index (χ2n) is 4.60. The van der Waals surface area contributed by atoms with Crippen LogP contribution >= 0.6 is 11.8 Å². The highest BCUT2D eigenvalue weighted by Gasteiger charge is 2.12. The molecule has 0 amide bonds. The Bertz CT molecular complexity index is 741. The van der Waals surface area contributed by atoms with Crippen molar-refractivity contribution in [3.05, 3.63) is 72.8 Å². The lowest BCUT2D eigenvalue weighted by atomic mass is 10.1. The number of benzene rings is 2. The Morgan fingerprint density at radius 1 is 0.826 bits per heavy atom. The minimum absolute atomic E-state index is 0.0756. The van der Waals surface area contributed by atoms with Gasteiger partial charge in [0.1, 0.15) is 11.5 Å². The van der Waals surface area contributed by atoms with E-state index in [-0.39, 0.29) is 23.1 Å². The summed E-state index contributed by atoms with van der Waals surface area (Å²) in [7, 11) is 0. The Hall–Kier alpha value is -2.79. The van der Waals surface area contributed by atoms with Gasteiger partial charge < -0.3 is 10.2 Å². The minimum atomic E-state index is -0.285. The largest absolute Gasteiger partial charge is 0.507 e. The van der Waals surface area contributed by atoms with Gasteiger partial charge in [0.25, 0.3) is 0 Å². The number of phenols is 2. The first-order valence-corrected chi connectivity index (χ1v) is 7.45. The standard InChI is InChI=1S/C18H14O4S/c1-3-13(19)11-5-7-17(15(21)9-11)23-18-8-6-12(10-16(18)22)14(20)4-2/h3-10,21-22H,1-2H2. The van der Waals surface area contributed by atoms with E-state index in [1.54, 1.807) is 24.3 Å². The smallest absolute Gasteiger partial charge is 0.185 e. The van der Waals surface area contributed by atoms with Gasteiger partial charge in [0.2, 0.25) is 0 Å². The van der Waals surface area contributed by atoms with E-state index in [0.717, 1.165) is 11.8 Å². The Morgan fingerprint density at radius 3 is 1.52 bits per heavy atom. The number of ketones is 2. The van der Waals surface area contributed by atoms with Gasteiger partial charge in [-0.1, -0.05) is 24.9 Å². The third-order valence-electron chi connectivity index (χ3n) is 3.08. The lowest BCUT2D eigenvalue weighted by molar-refractivity contribution is 0.103. The van der Waals surface area contributed by atoms with Crippen LogP contribution in [0.15, 0.2) is 71.5 Å². The number of hydrogen-bond donors (Lipinski definition) is 2. The molecule has 116 valence electrons. The molecule has 2 N–H and O–H groups in total. The van der Waals surface area contributed by atoms with Crippen LogP contribution in [-0.2, 0) is 0 Å². The van der Waals surface area contributed by atoms with Crippen LogP contribution in [0.4, 0.5) is 0 Å². The number of allylic oxidation sites excluding steroid dienone is 2. The molecule has 2 aromatic carbocycles. The molecule has 0 saturated heterocycles. The van der Waals surface area contributed by atoms with Gasteiger partial charge in [-0.05, 0) is 48.6 Å². The molecule has 0 aromatic heterocycles. The number of phenolic OH excluding ortho intramolecular Hbond substituents is 2. The second-order valence-corrected chi connectivity index (χ2v) is 5.69. The maximum Gasteiger partial charge on any atom is 0.185 e. The summed E-state index contributed by atoms with van der Waals surface area (Å²) in [5.74, 6) is -0.722. The highest BCUT2D eigenvalue weighted by molar-refractivity contribution is 7.99. The second kappa shape index (κ2) is 6.98. The van der Waals surface area contributed by atoms with E-state index < -0.39 is 0 Å². The van der Waals surface area contributed by atoms with E-state index in [1.807, 2.05) is 0 Å². The van der Waals surface area contributed by atoms with Crippen LogP contribution in [0.1, 0.15) is 20.7 Å². The summed E-state index contributed by atoms with van der Waals surface area (Å²) < 4.78 is 0. The monoisotopic (exact) mass is 326 g/mol. The topological polar surface area (TPSA) is 74.6 Å². The number of carbonyl (C=O) groups is 2. The molecule has 23 heavy (non-hydrogen) atoms. The summed E-state index contributed by atoms with van der Waals surface area (Å²) in [5.41, 5.74) is 0.663. The van der Waals surface area contributed by atoms with Crippen molar-refractivity contribution >= 4 is 23.3 Å². The van der Waals surface area contributed by atoms with Crippen molar-refractivity contribution in [2.24, 2.45) is 0 Å². The predicted molar refractivity (Wildman–Crippen MR) is 89.4 cm³/mol. The first-order valence-electron chi connectivity index (χ1n) is 6.63. The van der Waals surface area contributed by atoms with Crippen molar-refractivity contribution < 1.29 is 19.8 Å². The van der Waals surface area contributed by atoms with Crippen LogP contribution in [0.2, 0.25) is 0 Å². The quantitative estimate of drug-likeness (QED) is 0.620. The van der Waals surface area contributed by atoms with Crippen LogP contribution in [0.25, 0.3) is 0 Å². The average molecular weight is 326 g/mol. The van der Waals surface area contributed by atoms with Gasteiger partial charge in [0.05, 0.1) is 9.79 Å². The van der Waals surface area contributed by atoms with Crippen molar-refractivity contribution in [1.29, 1.82) is 0 Å². The molecule has 0 spiro atoms. The summed E-state index contributed by atoms with van der Waals surface area (Å²) >= 11 is 1.12. The van der Waals surface area contributed by atoms with Gasteiger partial charge in [-0.3, -0.25) is 9.59 Å². The molecule has 0 radical (unpaired) electrons. The number of aromatic hydroxyl groups is 2. The molecular weight excluding hydrogens is 312 g/mol. The van der Waals surface area contributed by atoms with Crippen LogP contribution < -0.4 is 0 Å². The molecule has 2 aromatic rings. The zero-order chi connectivity index (χ0) is 17.0. The molecule has 2 rings (SSSR count). The Kier molecular flexibility index (Phi) is 5.03. The maximum atomic E-state index is 11.5. The van der Waals surface area contributed by atoms with Gasteiger partial charge in [-0.25, -0.2) is 0 Å². The van der Waals surface area contributed by atoms with E-state index in [4.69, 9.17) is 0 Å². The molecular formula is C18H14O4S. The van der Waals surface area contributed by atoms with Crippen molar-refractivity contribution in [2.75, 3.05) is 0 Å². The Morgan fingerprint density at radius 2 is 1.22 bits per heavy atom. The molecule has 0 fully saturated rings. The van der Waals surface area contributed by atoms with Crippen LogP contribution in [-0.4, -0.2) is 21.8 Å². The maximum absolute atomic E-state index is 11.5. The lowest BCUT2D eigenvalue weighted by Gasteiger charge is -2.08. The Balaban J connectivity index is 2.29. The average Bonchev–Trinajstić information content (AvgIpc) is 2.56. The van der Waals surface area contributed by atoms with E-state index in [9.17, 15) is 19.8 Å².